The molecule has 10 heteroatoms. The number of fused-ring (bicyclic) bond motifs is 2. The molecule has 0 amide bonds. The van der Waals surface area contributed by atoms with Gasteiger partial charge in [-0.15, -0.1) is 0 Å². The van der Waals surface area contributed by atoms with Crippen LogP contribution < -0.4 is 4.90 Å². The van der Waals surface area contributed by atoms with E-state index in [4.69, 9.17) is 26.3 Å². The van der Waals surface area contributed by atoms with Crippen molar-refractivity contribution in [3.63, 3.8) is 0 Å². The summed E-state index contributed by atoms with van der Waals surface area (Å²) in [7, 11) is 1.24. The Hall–Kier alpha value is -2.36. The molecule has 7 nitrogen and oxygen atoms in total. The van der Waals surface area contributed by atoms with E-state index in [2.05, 4.69) is 23.9 Å². The van der Waals surface area contributed by atoms with Crippen LogP contribution in [0.2, 0.25) is 5.02 Å². The third-order valence-corrected chi connectivity index (χ3v) is 8.14. The molecule has 1 fully saturated rings. The molecule has 188 valence electrons. The number of piperidine rings is 1. The number of ether oxygens (including phenoxy) is 1. The fourth-order valence-corrected chi connectivity index (χ4v) is 5.41. The molecule has 4 heterocycles. The van der Waals surface area contributed by atoms with Crippen LogP contribution in [0.5, 0.6) is 0 Å². The summed E-state index contributed by atoms with van der Waals surface area (Å²) in [5.74, 6) is 1.73. The van der Waals surface area contributed by atoms with E-state index in [-0.39, 0.29) is 0 Å². The van der Waals surface area contributed by atoms with E-state index in [1.54, 1.807) is 10.9 Å². The number of alkyl halides is 1. The minimum absolute atomic E-state index is 0.349. The molecule has 0 saturated carbocycles. The lowest BCUT2D eigenvalue weighted by atomic mass is 10.1. The van der Waals surface area contributed by atoms with Gasteiger partial charge in [-0.2, -0.15) is 5.10 Å². The topological polar surface area (TPSA) is 61.0 Å². The maximum Gasteiger partial charge on any atom is 0.163 e. The molecule has 4 aromatic rings. The molecule has 0 spiro atoms. The van der Waals surface area contributed by atoms with Crippen molar-refractivity contribution in [1.29, 1.82) is 0 Å². The van der Waals surface area contributed by atoms with Crippen molar-refractivity contribution in [3.8, 4) is 11.1 Å². The Bertz CT molecular complexity index is 1360. The zero-order valence-corrected chi connectivity index (χ0v) is 22.2. The van der Waals surface area contributed by atoms with Crippen molar-refractivity contribution in [2.45, 2.75) is 25.7 Å². The van der Waals surface area contributed by atoms with E-state index in [9.17, 15) is 4.39 Å². The Morgan fingerprint density at radius 3 is 2.80 bits per heavy atom. The molecule has 0 unspecified atom stereocenters. The van der Waals surface area contributed by atoms with Gasteiger partial charge in [-0.05, 0) is 37.7 Å². The first kappa shape index (κ1) is 24.3. The molecule has 0 aliphatic carbocycles. The normalized spacial score (nSPS) is 17.5. The van der Waals surface area contributed by atoms with E-state index in [0.717, 1.165) is 46.3 Å². The standard InChI is InChI=1S/C25H32ClFN6OS/c1-31-14-20-21(30-31)8-7-18(23(20)26)19-15-33(16-34-10-11-35(2,3)4)25-24(19)28-12-22(29-25)32-9-5-6-17(27)13-32/h7-8,12,14-15,17H,5-6,9-11,13,16H2,1-4H3/t17-/m0/s1. The van der Waals surface area contributed by atoms with Crippen LogP contribution in [0, 0.1) is 0 Å². The Kier molecular flexibility index (Phi) is 6.67. The summed E-state index contributed by atoms with van der Waals surface area (Å²) < 4.78 is 23.9. The molecule has 1 aromatic carbocycles. The smallest absolute Gasteiger partial charge is 0.163 e. The first-order valence-corrected chi connectivity index (χ1v) is 15.2. The summed E-state index contributed by atoms with van der Waals surface area (Å²) in [4.78, 5) is 11.7. The Balaban J connectivity index is 1.55. The first-order valence-electron chi connectivity index (χ1n) is 11.8. The summed E-state index contributed by atoms with van der Waals surface area (Å²) >= 11 is 6.86. The van der Waals surface area contributed by atoms with Crippen molar-refractivity contribution < 1.29 is 9.13 Å². The van der Waals surface area contributed by atoms with Crippen LogP contribution in [0.25, 0.3) is 33.2 Å². The molecule has 1 aliphatic rings. The second-order valence-corrected chi connectivity index (χ2v) is 15.1. The monoisotopic (exact) mass is 518 g/mol. The minimum atomic E-state index is -0.836. The van der Waals surface area contributed by atoms with E-state index in [0.29, 0.717) is 42.8 Å². The van der Waals surface area contributed by atoms with Gasteiger partial charge in [-0.3, -0.25) is 4.68 Å². The van der Waals surface area contributed by atoms with Gasteiger partial charge < -0.3 is 14.2 Å². The summed E-state index contributed by atoms with van der Waals surface area (Å²) in [5, 5.41) is 5.99. The van der Waals surface area contributed by atoms with Crippen molar-refractivity contribution in [1.82, 2.24) is 24.3 Å². The fraction of sp³-hybridized carbons (Fsp3) is 0.480. The lowest BCUT2D eigenvalue weighted by Crippen LogP contribution is -2.37. The molecule has 3 aromatic heterocycles. The van der Waals surface area contributed by atoms with Gasteiger partial charge in [0.15, 0.2) is 5.65 Å². The van der Waals surface area contributed by atoms with E-state index in [1.807, 2.05) is 41.0 Å². The maximum atomic E-state index is 14.1. The molecule has 5 rings (SSSR count). The van der Waals surface area contributed by atoms with Crippen LogP contribution in [-0.2, 0) is 18.5 Å². The SMILES string of the molecule is Cn1cc2c(Cl)c(-c3cn(COCCS(C)(C)C)c4nc(N5CCC[C@H](F)C5)cnc34)ccc2n1. The highest BCUT2D eigenvalue weighted by Crippen LogP contribution is 2.38. The average Bonchev–Trinajstić information content (AvgIpc) is 3.36. The predicted molar refractivity (Wildman–Crippen MR) is 145 cm³/mol. The number of rotatable bonds is 7. The molecule has 35 heavy (non-hydrogen) atoms. The number of halogens is 2. The Labute approximate surface area is 211 Å². The van der Waals surface area contributed by atoms with Crippen molar-refractivity contribution in [2.75, 3.05) is 49.1 Å². The van der Waals surface area contributed by atoms with Crippen LogP contribution in [0.4, 0.5) is 10.2 Å². The highest BCUT2D eigenvalue weighted by Gasteiger charge is 2.23. The number of benzene rings is 1. The molecule has 1 saturated heterocycles. The van der Waals surface area contributed by atoms with Gasteiger partial charge in [0.1, 0.15) is 24.2 Å². The van der Waals surface area contributed by atoms with Crippen LogP contribution in [0.3, 0.4) is 0 Å². The lowest BCUT2D eigenvalue weighted by Gasteiger charge is -2.29. The zero-order chi connectivity index (χ0) is 24.7. The van der Waals surface area contributed by atoms with Gasteiger partial charge in [-0.1, -0.05) is 17.7 Å². The molecule has 0 N–H and O–H groups in total. The van der Waals surface area contributed by atoms with Gasteiger partial charge in [-0.25, -0.2) is 24.4 Å². The number of anilines is 1. The molecule has 1 atom stereocenters. The highest BCUT2D eigenvalue weighted by atomic mass is 35.5. The van der Waals surface area contributed by atoms with Gasteiger partial charge in [0.05, 0.1) is 29.9 Å². The maximum absolute atomic E-state index is 14.1. The third-order valence-electron chi connectivity index (χ3n) is 6.34. The highest BCUT2D eigenvalue weighted by molar-refractivity contribution is 8.32. The summed E-state index contributed by atoms with van der Waals surface area (Å²) in [5.41, 5.74) is 4.07. The van der Waals surface area contributed by atoms with Gasteiger partial charge in [0.25, 0.3) is 0 Å². The second-order valence-electron chi connectivity index (χ2n) is 10.1. The molecule has 1 aliphatic heterocycles. The number of hydrogen-bond acceptors (Lipinski definition) is 5. The Morgan fingerprint density at radius 1 is 1.20 bits per heavy atom. The van der Waals surface area contributed by atoms with Crippen LogP contribution in [0.1, 0.15) is 12.8 Å². The van der Waals surface area contributed by atoms with Crippen molar-refractivity contribution in [3.05, 3.63) is 35.7 Å². The van der Waals surface area contributed by atoms with Crippen LogP contribution >= 0.6 is 21.6 Å². The van der Waals surface area contributed by atoms with Crippen molar-refractivity contribution in [2.24, 2.45) is 7.05 Å². The number of aromatic nitrogens is 5. The quantitative estimate of drug-likeness (QED) is 0.313. The summed E-state index contributed by atoms with van der Waals surface area (Å²) in [6, 6.07) is 3.95. The summed E-state index contributed by atoms with van der Waals surface area (Å²) in [6.45, 7) is 2.17. The molecule has 0 bridgehead atoms. The van der Waals surface area contributed by atoms with Gasteiger partial charge >= 0.3 is 0 Å². The van der Waals surface area contributed by atoms with E-state index >= 15 is 0 Å². The van der Waals surface area contributed by atoms with Gasteiger partial charge in [0.2, 0.25) is 0 Å². The van der Waals surface area contributed by atoms with Gasteiger partial charge in [0, 0.05) is 48.3 Å². The lowest BCUT2D eigenvalue weighted by molar-refractivity contribution is 0.0924. The van der Waals surface area contributed by atoms with Crippen molar-refractivity contribution >= 4 is 49.5 Å². The average molecular weight is 519 g/mol. The van der Waals surface area contributed by atoms with Crippen LogP contribution in [0.15, 0.2) is 30.7 Å². The van der Waals surface area contributed by atoms with E-state index < -0.39 is 16.2 Å². The minimum Gasteiger partial charge on any atom is -0.360 e. The number of nitrogens with zero attached hydrogens (tertiary/aromatic N) is 6. The molecular weight excluding hydrogens is 487 g/mol. The zero-order valence-electron chi connectivity index (χ0n) is 20.7. The predicted octanol–water partition coefficient (Wildman–Crippen LogP) is 5.24. The fourth-order valence-electron chi connectivity index (χ4n) is 4.48. The second kappa shape index (κ2) is 9.59. The Morgan fingerprint density at radius 2 is 2.03 bits per heavy atom. The molecule has 0 radical (unpaired) electrons. The third kappa shape index (κ3) is 5.13. The summed E-state index contributed by atoms with van der Waals surface area (Å²) in [6.07, 6.45) is 13.1. The number of hydrogen-bond donors (Lipinski definition) is 0. The van der Waals surface area contributed by atoms with Crippen LogP contribution in [-0.4, -0.2) is 74.7 Å². The largest absolute Gasteiger partial charge is 0.360 e. The number of aryl methyl sites for hydroxylation is 1. The van der Waals surface area contributed by atoms with E-state index in [1.165, 1.54) is 0 Å². The first-order chi connectivity index (χ1) is 16.7. The molecular formula is C25H32ClFN6OS.